The Morgan fingerprint density at radius 2 is 1.95 bits per heavy atom. The molecule has 4 heteroatoms. The number of hydrogen-bond acceptors (Lipinski definition) is 3. The first kappa shape index (κ1) is 13.1. The third kappa shape index (κ3) is 2.73. The van der Waals surface area contributed by atoms with Crippen molar-refractivity contribution in [3.8, 4) is 0 Å². The van der Waals surface area contributed by atoms with Gasteiger partial charge in [-0.1, -0.05) is 12.1 Å². The predicted octanol–water partition coefficient (Wildman–Crippen LogP) is 2.99. The number of nitrogens with one attached hydrogen (secondary N) is 2. The predicted molar refractivity (Wildman–Crippen MR) is 77.7 cm³/mol. The molecule has 1 aromatic heterocycles. The maximum atomic E-state index is 12.3. The molecule has 19 heavy (non-hydrogen) atoms. The average Bonchev–Trinajstić information content (AvgIpc) is 2.43. The number of nitrogens with zero attached hydrogens (tertiary/aromatic N) is 1. The third-order valence-corrected chi connectivity index (χ3v) is 3.14. The summed E-state index contributed by atoms with van der Waals surface area (Å²) in [6.45, 7) is 4.02. The van der Waals surface area contributed by atoms with Gasteiger partial charge < -0.3 is 10.6 Å². The van der Waals surface area contributed by atoms with Crippen LogP contribution in [0, 0.1) is 13.8 Å². The Morgan fingerprint density at radius 3 is 2.68 bits per heavy atom. The molecule has 0 saturated heterocycles. The smallest absolute Gasteiger partial charge is 0.259 e. The normalized spacial score (nSPS) is 10.1. The molecule has 1 heterocycles. The minimum absolute atomic E-state index is 0.161. The number of anilines is 2. The molecule has 0 fully saturated rings. The number of hydrogen-bond donors (Lipinski definition) is 2. The van der Waals surface area contributed by atoms with E-state index in [2.05, 4.69) is 15.6 Å². The zero-order chi connectivity index (χ0) is 13.8. The number of aromatic nitrogens is 1. The number of aryl methyl sites for hydroxylation is 1. The summed E-state index contributed by atoms with van der Waals surface area (Å²) in [4.78, 5) is 16.4. The summed E-state index contributed by atoms with van der Waals surface area (Å²) in [7, 11) is 1.75. The minimum Gasteiger partial charge on any atom is -0.372 e. The van der Waals surface area contributed by atoms with Gasteiger partial charge in [-0.25, -0.2) is 4.98 Å². The van der Waals surface area contributed by atoms with E-state index in [-0.39, 0.29) is 5.91 Å². The summed E-state index contributed by atoms with van der Waals surface area (Å²) in [5.74, 6) is 0.413. The topological polar surface area (TPSA) is 54.0 Å². The summed E-state index contributed by atoms with van der Waals surface area (Å²) in [6.07, 6.45) is 1.65. The van der Waals surface area contributed by atoms with Crippen molar-refractivity contribution < 1.29 is 4.79 Å². The van der Waals surface area contributed by atoms with E-state index in [4.69, 9.17) is 0 Å². The van der Waals surface area contributed by atoms with Gasteiger partial charge in [0.25, 0.3) is 5.91 Å². The highest BCUT2D eigenvalue weighted by Gasteiger charge is 2.12. The number of rotatable bonds is 3. The van der Waals surface area contributed by atoms with Crippen molar-refractivity contribution in [1.29, 1.82) is 0 Å². The van der Waals surface area contributed by atoms with Gasteiger partial charge in [-0.2, -0.15) is 0 Å². The Labute approximate surface area is 112 Å². The average molecular weight is 255 g/mol. The monoisotopic (exact) mass is 255 g/mol. The van der Waals surface area contributed by atoms with Gasteiger partial charge in [-0.05, 0) is 43.2 Å². The fraction of sp³-hybridized carbons (Fsp3) is 0.200. The Bertz CT molecular complexity index is 608. The van der Waals surface area contributed by atoms with Crippen molar-refractivity contribution in [3.05, 3.63) is 53.2 Å². The molecule has 0 aliphatic rings. The summed E-state index contributed by atoms with van der Waals surface area (Å²) < 4.78 is 0. The van der Waals surface area contributed by atoms with E-state index in [1.165, 1.54) is 0 Å². The maximum Gasteiger partial charge on any atom is 0.259 e. The molecule has 4 nitrogen and oxygen atoms in total. The highest BCUT2D eigenvalue weighted by atomic mass is 16.1. The molecule has 0 radical (unpaired) electrons. The molecule has 2 N–H and O–H groups in total. The first-order chi connectivity index (χ1) is 9.13. The molecule has 1 amide bonds. The SMILES string of the molecule is CNc1ncccc1C(=O)Nc1cccc(C)c1C. The Kier molecular flexibility index (Phi) is 3.80. The van der Waals surface area contributed by atoms with E-state index < -0.39 is 0 Å². The second-order valence-corrected chi connectivity index (χ2v) is 4.35. The summed E-state index contributed by atoms with van der Waals surface area (Å²) in [6, 6.07) is 9.35. The largest absolute Gasteiger partial charge is 0.372 e. The molecular formula is C15H17N3O. The first-order valence-corrected chi connectivity index (χ1v) is 6.14. The zero-order valence-electron chi connectivity index (χ0n) is 11.3. The van der Waals surface area contributed by atoms with Crippen LogP contribution in [0.3, 0.4) is 0 Å². The number of amides is 1. The van der Waals surface area contributed by atoms with Gasteiger partial charge in [-0.3, -0.25) is 4.79 Å². The van der Waals surface area contributed by atoms with E-state index in [1.807, 2.05) is 32.0 Å². The van der Waals surface area contributed by atoms with E-state index in [0.717, 1.165) is 16.8 Å². The van der Waals surface area contributed by atoms with Crippen LogP contribution < -0.4 is 10.6 Å². The van der Waals surface area contributed by atoms with Crippen LogP contribution in [-0.2, 0) is 0 Å². The van der Waals surface area contributed by atoms with Gasteiger partial charge in [-0.15, -0.1) is 0 Å². The summed E-state index contributed by atoms with van der Waals surface area (Å²) in [5, 5.41) is 5.84. The van der Waals surface area contributed by atoms with Crippen LogP contribution in [0.15, 0.2) is 36.5 Å². The first-order valence-electron chi connectivity index (χ1n) is 6.14. The number of carbonyl (C=O) groups is 1. The van der Waals surface area contributed by atoms with Gasteiger partial charge in [0.1, 0.15) is 5.82 Å². The third-order valence-electron chi connectivity index (χ3n) is 3.14. The molecule has 0 spiro atoms. The van der Waals surface area contributed by atoms with Gasteiger partial charge in [0.05, 0.1) is 5.56 Å². The molecule has 0 aliphatic heterocycles. The van der Waals surface area contributed by atoms with Crippen molar-refractivity contribution >= 4 is 17.4 Å². The molecule has 0 unspecified atom stereocenters. The lowest BCUT2D eigenvalue weighted by molar-refractivity contribution is 0.102. The lowest BCUT2D eigenvalue weighted by Crippen LogP contribution is -2.15. The molecule has 0 atom stereocenters. The van der Waals surface area contributed by atoms with E-state index in [0.29, 0.717) is 11.4 Å². The van der Waals surface area contributed by atoms with Gasteiger partial charge in [0.15, 0.2) is 0 Å². The molecule has 98 valence electrons. The van der Waals surface area contributed by atoms with Crippen LogP contribution in [0.5, 0.6) is 0 Å². The molecular weight excluding hydrogens is 238 g/mol. The summed E-state index contributed by atoms with van der Waals surface area (Å²) >= 11 is 0. The van der Waals surface area contributed by atoms with Crippen molar-refractivity contribution in [2.24, 2.45) is 0 Å². The van der Waals surface area contributed by atoms with Gasteiger partial charge in [0, 0.05) is 18.9 Å². The number of carbonyl (C=O) groups excluding carboxylic acids is 1. The van der Waals surface area contributed by atoms with Crippen molar-refractivity contribution in [1.82, 2.24) is 4.98 Å². The molecule has 0 aliphatic carbocycles. The highest BCUT2D eigenvalue weighted by Crippen LogP contribution is 2.20. The van der Waals surface area contributed by atoms with E-state index >= 15 is 0 Å². The van der Waals surface area contributed by atoms with Crippen LogP contribution in [0.1, 0.15) is 21.5 Å². The van der Waals surface area contributed by atoms with E-state index in [1.54, 1.807) is 25.4 Å². The Morgan fingerprint density at radius 1 is 1.16 bits per heavy atom. The van der Waals surface area contributed by atoms with Crippen LogP contribution in [0.25, 0.3) is 0 Å². The van der Waals surface area contributed by atoms with Crippen LogP contribution in [0.4, 0.5) is 11.5 Å². The Balaban J connectivity index is 2.28. The Hall–Kier alpha value is -2.36. The second kappa shape index (κ2) is 5.52. The van der Waals surface area contributed by atoms with Crippen LogP contribution in [0.2, 0.25) is 0 Å². The van der Waals surface area contributed by atoms with Crippen LogP contribution in [-0.4, -0.2) is 17.9 Å². The standard InChI is InChI=1S/C15H17N3O/c1-10-6-4-8-13(11(10)2)18-15(19)12-7-5-9-17-14(12)16-3/h4-9H,1-3H3,(H,16,17)(H,18,19). The molecule has 0 bridgehead atoms. The lowest BCUT2D eigenvalue weighted by atomic mass is 10.1. The molecule has 1 aromatic carbocycles. The lowest BCUT2D eigenvalue weighted by Gasteiger charge is -2.12. The summed E-state index contributed by atoms with van der Waals surface area (Å²) in [5.41, 5.74) is 3.59. The van der Waals surface area contributed by atoms with E-state index in [9.17, 15) is 4.79 Å². The second-order valence-electron chi connectivity index (χ2n) is 4.35. The molecule has 0 saturated carbocycles. The maximum absolute atomic E-state index is 12.3. The van der Waals surface area contributed by atoms with Gasteiger partial charge >= 0.3 is 0 Å². The zero-order valence-corrected chi connectivity index (χ0v) is 11.3. The number of pyridine rings is 1. The van der Waals surface area contributed by atoms with Gasteiger partial charge in [0.2, 0.25) is 0 Å². The van der Waals surface area contributed by atoms with Crippen molar-refractivity contribution in [3.63, 3.8) is 0 Å². The molecule has 2 aromatic rings. The minimum atomic E-state index is -0.161. The van der Waals surface area contributed by atoms with Crippen LogP contribution >= 0.6 is 0 Å². The van der Waals surface area contributed by atoms with Crippen molar-refractivity contribution in [2.45, 2.75) is 13.8 Å². The van der Waals surface area contributed by atoms with Crippen molar-refractivity contribution in [2.75, 3.05) is 17.7 Å². The fourth-order valence-corrected chi connectivity index (χ4v) is 1.86. The quantitative estimate of drug-likeness (QED) is 0.886. The molecule has 2 rings (SSSR count). The fourth-order valence-electron chi connectivity index (χ4n) is 1.86. The highest BCUT2D eigenvalue weighted by molar-refractivity contribution is 6.07. The number of benzene rings is 1.